The van der Waals surface area contributed by atoms with Gasteiger partial charge in [0.15, 0.2) is 6.29 Å². The summed E-state index contributed by atoms with van der Waals surface area (Å²) in [5, 5.41) is 9.85. The monoisotopic (exact) mass is 347 g/mol. The van der Waals surface area contributed by atoms with E-state index >= 15 is 0 Å². The van der Waals surface area contributed by atoms with Gasteiger partial charge < -0.3 is 19.5 Å². The van der Waals surface area contributed by atoms with Gasteiger partial charge in [-0.2, -0.15) is 0 Å². The Bertz CT molecular complexity index is 530. The second-order valence-corrected chi connectivity index (χ2v) is 7.71. The first kappa shape index (κ1) is 18.5. The molecule has 1 N–H and O–H groups in total. The third kappa shape index (κ3) is 4.89. The van der Waals surface area contributed by atoms with E-state index in [0.29, 0.717) is 17.7 Å². The van der Waals surface area contributed by atoms with E-state index in [0.717, 1.165) is 57.0 Å². The van der Waals surface area contributed by atoms with Crippen LogP contribution in [0.15, 0.2) is 24.3 Å². The average Bonchev–Trinajstić information content (AvgIpc) is 2.63. The quantitative estimate of drug-likeness (QED) is 0.766. The van der Waals surface area contributed by atoms with E-state index < -0.39 is 0 Å². The fraction of sp³-hybridized carbons (Fsp3) is 0.714. The number of rotatable bonds is 6. The predicted octanol–water partition coefficient (Wildman–Crippen LogP) is 4.57. The van der Waals surface area contributed by atoms with E-state index in [1.54, 1.807) is 6.07 Å². The Morgan fingerprint density at radius 2 is 2.12 bits per heavy atom. The molecule has 140 valence electrons. The minimum absolute atomic E-state index is 0.0126. The highest BCUT2D eigenvalue weighted by molar-refractivity contribution is 5.51. The second kappa shape index (κ2) is 8.91. The lowest BCUT2D eigenvalue weighted by atomic mass is 9.80. The highest BCUT2D eigenvalue weighted by Crippen LogP contribution is 2.35. The van der Waals surface area contributed by atoms with Crippen molar-refractivity contribution in [3.05, 3.63) is 24.3 Å². The fourth-order valence-electron chi connectivity index (χ4n) is 4.20. The van der Waals surface area contributed by atoms with E-state index in [-0.39, 0.29) is 6.29 Å². The van der Waals surface area contributed by atoms with Crippen molar-refractivity contribution in [3.8, 4) is 5.75 Å². The van der Waals surface area contributed by atoms with Crippen molar-refractivity contribution in [3.63, 3.8) is 0 Å². The maximum atomic E-state index is 9.85. The highest BCUT2D eigenvalue weighted by Gasteiger charge is 2.33. The highest BCUT2D eigenvalue weighted by atomic mass is 16.7. The molecule has 0 aromatic heterocycles. The fourth-order valence-corrected chi connectivity index (χ4v) is 4.20. The molecule has 2 saturated heterocycles. The van der Waals surface area contributed by atoms with Crippen molar-refractivity contribution in [2.45, 2.75) is 64.7 Å². The third-order valence-electron chi connectivity index (χ3n) is 5.98. The summed E-state index contributed by atoms with van der Waals surface area (Å²) in [6.45, 7) is 7.41. The van der Waals surface area contributed by atoms with Gasteiger partial charge >= 0.3 is 0 Å². The molecule has 4 nitrogen and oxygen atoms in total. The molecule has 4 unspecified atom stereocenters. The van der Waals surface area contributed by atoms with Crippen molar-refractivity contribution in [2.75, 3.05) is 24.7 Å². The van der Waals surface area contributed by atoms with E-state index in [9.17, 15) is 5.11 Å². The maximum Gasteiger partial charge on any atom is 0.157 e. The van der Waals surface area contributed by atoms with E-state index in [1.807, 2.05) is 12.1 Å². The lowest BCUT2D eigenvalue weighted by Crippen LogP contribution is -2.47. The molecule has 0 aliphatic carbocycles. The molecule has 3 rings (SSSR count). The molecule has 25 heavy (non-hydrogen) atoms. The molecular weight excluding hydrogens is 314 g/mol. The molecule has 2 aliphatic rings. The second-order valence-electron chi connectivity index (χ2n) is 7.71. The molecule has 1 aromatic rings. The minimum Gasteiger partial charge on any atom is -0.508 e. The van der Waals surface area contributed by atoms with Crippen LogP contribution >= 0.6 is 0 Å². The Hall–Kier alpha value is -1.26. The number of hydrogen-bond acceptors (Lipinski definition) is 4. The van der Waals surface area contributed by atoms with Crippen LogP contribution in [0.1, 0.15) is 52.4 Å². The number of phenols is 1. The smallest absolute Gasteiger partial charge is 0.157 e. The van der Waals surface area contributed by atoms with Crippen LogP contribution in [0.2, 0.25) is 0 Å². The SMILES string of the molecule is CC1CCN(c2cccc(O)c2)C(CCCOC2CCCCO2)C1C. The molecule has 1 aromatic carbocycles. The van der Waals surface area contributed by atoms with Gasteiger partial charge in [-0.1, -0.05) is 19.9 Å². The first-order valence-corrected chi connectivity index (χ1v) is 9.94. The van der Waals surface area contributed by atoms with Crippen molar-refractivity contribution in [1.29, 1.82) is 0 Å². The molecule has 4 heteroatoms. The van der Waals surface area contributed by atoms with Gasteiger partial charge in [-0.25, -0.2) is 0 Å². The van der Waals surface area contributed by atoms with E-state index in [4.69, 9.17) is 9.47 Å². The summed E-state index contributed by atoms with van der Waals surface area (Å²) in [7, 11) is 0. The van der Waals surface area contributed by atoms with Gasteiger partial charge in [0.2, 0.25) is 0 Å². The molecule has 0 spiro atoms. The zero-order valence-corrected chi connectivity index (χ0v) is 15.7. The molecule has 2 aliphatic heterocycles. The van der Waals surface area contributed by atoms with E-state index in [2.05, 4.69) is 24.8 Å². The largest absolute Gasteiger partial charge is 0.508 e. The van der Waals surface area contributed by atoms with Crippen LogP contribution in [0.3, 0.4) is 0 Å². The molecule has 0 radical (unpaired) electrons. The number of nitrogens with zero attached hydrogens (tertiary/aromatic N) is 1. The molecule has 2 fully saturated rings. The Morgan fingerprint density at radius 3 is 2.88 bits per heavy atom. The van der Waals surface area contributed by atoms with Gasteiger partial charge in [-0.3, -0.25) is 0 Å². The van der Waals surface area contributed by atoms with Gasteiger partial charge in [-0.05, 0) is 62.5 Å². The van der Waals surface area contributed by atoms with Gasteiger partial charge in [-0.15, -0.1) is 0 Å². The molecule has 4 atom stereocenters. The summed E-state index contributed by atoms with van der Waals surface area (Å²) in [6, 6.07) is 8.19. The lowest BCUT2D eigenvalue weighted by Gasteiger charge is -2.45. The molecule has 0 saturated carbocycles. The zero-order valence-electron chi connectivity index (χ0n) is 15.7. The standard InChI is InChI=1S/C21H33NO3/c1-16-11-12-22(18-7-5-8-19(23)15-18)20(17(16)2)9-6-14-25-21-10-3-4-13-24-21/h5,7-8,15-17,20-21,23H,3-4,6,9-14H2,1-2H3. The molecule has 0 amide bonds. The summed E-state index contributed by atoms with van der Waals surface area (Å²) in [4.78, 5) is 2.49. The Morgan fingerprint density at radius 1 is 1.24 bits per heavy atom. The van der Waals surface area contributed by atoms with Crippen molar-refractivity contribution >= 4 is 5.69 Å². The van der Waals surface area contributed by atoms with Crippen LogP contribution in [-0.2, 0) is 9.47 Å². The van der Waals surface area contributed by atoms with Crippen LogP contribution in [0.4, 0.5) is 5.69 Å². The Kier molecular flexibility index (Phi) is 6.60. The summed E-state index contributed by atoms with van der Waals surface area (Å²) in [6.07, 6.45) is 6.80. The Labute approximate surface area is 152 Å². The number of piperidine rings is 1. The van der Waals surface area contributed by atoms with Gasteiger partial charge in [0.25, 0.3) is 0 Å². The Balaban J connectivity index is 1.56. The summed E-state index contributed by atoms with van der Waals surface area (Å²) in [5.41, 5.74) is 1.14. The summed E-state index contributed by atoms with van der Waals surface area (Å²) in [5.74, 6) is 1.73. The molecule has 0 bridgehead atoms. The van der Waals surface area contributed by atoms with E-state index in [1.165, 1.54) is 12.8 Å². The summed E-state index contributed by atoms with van der Waals surface area (Å²) >= 11 is 0. The third-order valence-corrected chi connectivity index (χ3v) is 5.98. The van der Waals surface area contributed by atoms with Crippen molar-refractivity contribution in [1.82, 2.24) is 0 Å². The summed E-state index contributed by atoms with van der Waals surface area (Å²) < 4.78 is 11.6. The lowest BCUT2D eigenvalue weighted by molar-refractivity contribution is -0.163. The van der Waals surface area contributed by atoms with Gasteiger partial charge in [0.1, 0.15) is 5.75 Å². The van der Waals surface area contributed by atoms with Crippen LogP contribution in [-0.4, -0.2) is 37.2 Å². The number of anilines is 1. The number of aromatic hydroxyl groups is 1. The zero-order chi connectivity index (χ0) is 17.6. The van der Waals surface area contributed by atoms with Crippen LogP contribution in [0.25, 0.3) is 0 Å². The first-order chi connectivity index (χ1) is 12.1. The van der Waals surface area contributed by atoms with Crippen LogP contribution < -0.4 is 4.90 Å². The molecule has 2 heterocycles. The van der Waals surface area contributed by atoms with Gasteiger partial charge in [0.05, 0.1) is 0 Å². The maximum absolute atomic E-state index is 9.85. The number of benzene rings is 1. The topological polar surface area (TPSA) is 41.9 Å². The first-order valence-electron chi connectivity index (χ1n) is 9.94. The average molecular weight is 347 g/mol. The predicted molar refractivity (Wildman–Crippen MR) is 101 cm³/mol. The minimum atomic E-state index is 0.0126. The number of hydrogen-bond donors (Lipinski definition) is 1. The molecular formula is C21H33NO3. The normalized spacial score (nSPS) is 30.4. The van der Waals surface area contributed by atoms with Crippen molar-refractivity contribution in [2.24, 2.45) is 11.8 Å². The number of phenolic OH excluding ortho intramolecular Hbond substituents is 1. The van der Waals surface area contributed by atoms with Gasteiger partial charge in [0, 0.05) is 37.6 Å². The van der Waals surface area contributed by atoms with Crippen LogP contribution in [0, 0.1) is 11.8 Å². The van der Waals surface area contributed by atoms with Crippen LogP contribution in [0.5, 0.6) is 5.75 Å². The van der Waals surface area contributed by atoms with Crippen molar-refractivity contribution < 1.29 is 14.6 Å². The number of ether oxygens (including phenoxy) is 2.